The van der Waals surface area contributed by atoms with Gasteiger partial charge in [-0.25, -0.2) is 0 Å². The first-order valence-electron chi connectivity index (χ1n) is 10.5. The largest absolute Gasteiger partial charge is 0.508 e. The van der Waals surface area contributed by atoms with Gasteiger partial charge in [-0.2, -0.15) is 0 Å². The summed E-state index contributed by atoms with van der Waals surface area (Å²) < 4.78 is 12.0. The van der Waals surface area contributed by atoms with Crippen molar-refractivity contribution in [1.29, 1.82) is 0 Å². The monoisotopic (exact) mass is 471 g/mol. The molecule has 0 saturated carbocycles. The van der Waals surface area contributed by atoms with Crippen LogP contribution in [0.3, 0.4) is 0 Å². The molecule has 30 heavy (non-hydrogen) atoms. The van der Waals surface area contributed by atoms with Crippen molar-refractivity contribution < 1.29 is 14.6 Å². The zero-order chi connectivity index (χ0) is 20.7. The van der Waals surface area contributed by atoms with Crippen molar-refractivity contribution in [3.63, 3.8) is 0 Å². The molecular weight excluding hydrogens is 446 g/mol. The van der Waals surface area contributed by atoms with Crippen LogP contribution in [0.5, 0.6) is 17.2 Å². The number of aliphatic imine (C=N–C) groups is 1. The molecular formula is C23H26BrN3O3. The fourth-order valence-electron chi connectivity index (χ4n) is 4.65. The second-order valence-corrected chi connectivity index (χ2v) is 9.11. The molecule has 158 valence electrons. The summed E-state index contributed by atoms with van der Waals surface area (Å²) in [4.78, 5) is 7.72. The van der Waals surface area contributed by atoms with Crippen LogP contribution < -0.4 is 14.8 Å². The van der Waals surface area contributed by atoms with Gasteiger partial charge in [-0.3, -0.25) is 10.3 Å². The predicted molar refractivity (Wildman–Crippen MR) is 119 cm³/mol. The highest BCUT2D eigenvalue weighted by atomic mass is 79.9. The lowest BCUT2D eigenvalue weighted by atomic mass is 9.87. The lowest BCUT2D eigenvalue weighted by Crippen LogP contribution is -2.56. The van der Waals surface area contributed by atoms with Crippen LogP contribution in [-0.2, 0) is 0 Å². The van der Waals surface area contributed by atoms with E-state index < -0.39 is 0 Å². The van der Waals surface area contributed by atoms with E-state index in [4.69, 9.17) is 14.5 Å². The van der Waals surface area contributed by atoms with Gasteiger partial charge in [0.05, 0.1) is 0 Å². The Hall–Kier alpha value is -2.09. The summed E-state index contributed by atoms with van der Waals surface area (Å²) in [5.41, 5.74) is 2.67. The number of phenols is 1. The van der Waals surface area contributed by atoms with Gasteiger partial charge in [0, 0.05) is 41.3 Å². The highest BCUT2D eigenvalue weighted by Crippen LogP contribution is 2.40. The number of benzene rings is 2. The van der Waals surface area contributed by atoms with Gasteiger partial charge < -0.3 is 19.5 Å². The first kappa shape index (κ1) is 19.8. The molecule has 6 nitrogen and oxygen atoms in total. The maximum Gasteiger partial charge on any atom is 0.231 e. The molecule has 0 amide bonds. The Labute approximate surface area is 185 Å². The number of piperidine rings is 1. The van der Waals surface area contributed by atoms with E-state index in [1.807, 2.05) is 24.3 Å². The number of ether oxygens (including phenoxy) is 2. The molecule has 0 bridgehead atoms. The number of aromatic hydroxyl groups is 1. The van der Waals surface area contributed by atoms with Crippen molar-refractivity contribution >= 4 is 21.6 Å². The lowest BCUT2D eigenvalue weighted by molar-refractivity contribution is 0.129. The van der Waals surface area contributed by atoms with Crippen LogP contribution >= 0.6 is 15.9 Å². The smallest absolute Gasteiger partial charge is 0.231 e. The van der Waals surface area contributed by atoms with Crippen molar-refractivity contribution in [2.75, 3.05) is 26.4 Å². The quantitative estimate of drug-likeness (QED) is 0.701. The lowest BCUT2D eigenvalue weighted by Gasteiger charge is -2.45. The molecule has 1 atom stereocenters. The van der Waals surface area contributed by atoms with Crippen LogP contribution in [0.1, 0.15) is 43.4 Å². The number of nitrogens with zero attached hydrogens (tertiary/aromatic N) is 2. The van der Waals surface area contributed by atoms with Gasteiger partial charge in [-0.15, -0.1) is 0 Å². The van der Waals surface area contributed by atoms with E-state index in [1.54, 1.807) is 6.07 Å². The minimum atomic E-state index is -0.324. The molecule has 1 saturated heterocycles. The van der Waals surface area contributed by atoms with Crippen molar-refractivity contribution in [3.8, 4) is 17.2 Å². The van der Waals surface area contributed by atoms with E-state index in [0.29, 0.717) is 12.2 Å². The molecule has 2 N–H and O–H groups in total. The Kier molecular flexibility index (Phi) is 5.21. The summed E-state index contributed by atoms with van der Waals surface area (Å²) in [5.74, 6) is 1.86. The number of nitrogens with one attached hydrogen (secondary N) is 1. The molecule has 1 unspecified atom stereocenters. The van der Waals surface area contributed by atoms with Crippen LogP contribution in [0, 0.1) is 0 Å². The van der Waals surface area contributed by atoms with Gasteiger partial charge in [0.15, 0.2) is 11.5 Å². The third-order valence-corrected chi connectivity index (χ3v) is 6.88. The Morgan fingerprint density at radius 1 is 1.17 bits per heavy atom. The van der Waals surface area contributed by atoms with Crippen molar-refractivity contribution in [2.24, 2.45) is 4.99 Å². The Balaban J connectivity index is 1.53. The molecule has 1 fully saturated rings. The summed E-state index contributed by atoms with van der Waals surface area (Å²) >= 11 is 3.56. The minimum absolute atomic E-state index is 0.0198. The summed E-state index contributed by atoms with van der Waals surface area (Å²) in [5, 5.41) is 14.4. The van der Waals surface area contributed by atoms with Crippen LogP contribution in [-0.4, -0.2) is 47.8 Å². The average Bonchev–Trinajstić information content (AvgIpc) is 3.23. The van der Waals surface area contributed by atoms with E-state index in [-0.39, 0.29) is 18.5 Å². The van der Waals surface area contributed by atoms with Crippen LogP contribution in [0.15, 0.2) is 45.9 Å². The molecule has 0 radical (unpaired) electrons. The second-order valence-electron chi connectivity index (χ2n) is 8.20. The van der Waals surface area contributed by atoms with Gasteiger partial charge in [0.1, 0.15) is 11.4 Å². The number of halogens is 1. The van der Waals surface area contributed by atoms with Gasteiger partial charge >= 0.3 is 0 Å². The van der Waals surface area contributed by atoms with Crippen LogP contribution in [0.2, 0.25) is 0 Å². The molecule has 0 aromatic heterocycles. The normalized spacial score (nSPS) is 22.9. The highest BCUT2D eigenvalue weighted by Gasteiger charge is 2.40. The first-order valence-corrected chi connectivity index (χ1v) is 11.3. The Morgan fingerprint density at radius 2 is 1.97 bits per heavy atom. The van der Waals surface area contributed by atoms with Gasteiger partial charge in [0.2, 0.25) is 6.79 Å². The maximum absolute atomic E-state index is 10.6. The van der Waals surface area contributed by atoms with Crippen molar-refractivity contribution in [3.05, 3.63) is 52.0 Å². The van der Waals surface area contributed by atoms with E-state index in [9.17, 15) is 5.11 Å². The van der Waals surface area contributed by atoms with Crippen LogP contribution in [0.25, 0.3) is 0 Å². The number of hydrogen-bond donors (Lipinski definition) is 2. The summed E-state index contributed by atoms with van der Waals surface area (Å²) in [6.45, 7) is 5.55. The zero-order valence-electron chi connectivity index (χ0n) is 17.0. The first-order chi connectivity index (χ1) is 14.5. The van der Waals surface area contributed by atoms with Crippen molar-refractivity contribution in [2.45, 2.75) is 37.9 Å². The second kappa shape index (κ2) is 7.87. The summed E-state index contributed by atoms with van der Waals surface area (Å²) in [6.07, 6.45) is 2.59. The molecule has 1 spiro atoms. The topological polar surface area (TPSA) is 66.3 Å². The SMILES string of the molecule is CCN1CCC2(CC1)N=C(c1ccc3c(c1)OCO3)CC(c1cc(Br)ccc1O)N2. The van der Waals surface area contributed by atoms with Crippen LogP contribution in [0.4, 0.5) is 0 Å². The molecule has 2 aromatic carbocycles. The highest BCUT2D eigenvalue weighted by molar-refractivity contribution is 9.10. The molecule has 7 heteroatoms. The van der Waals surface area contributed by atoms with E-state index in [1.165, 1.54) is 0 Å². The Morgan fingerprint density at radius 3 is 2.77 bits per heavy atom. The number of phenolic OH excluding ortho intramolecular Hbond substituents is 1. The summed E-state index contributed by atoms with van der Waals surface area (Å²) in [6, 6.07) is 11.6. The zero-order valence-corrected chi connectivity index (χ0v) is 18.6. The fourth-order valence-corrected chi connectivity index (χ4v) is 5.03. The maximum atomic E-state index is 10.6. The Bertz CT molecular complexity index is 986. The van der Waals surface area contributed by atoms with Crippen molar-refractivity contribution in [1.82, 2.24) is 10.2 Å². The molecule has 5 rings (SSSR count). The third-order valence-electron chi connectivity index (χ3n) is 6.39. The van der Waals surface area contributed by atoms with E-state index in [0.717, 1.165) is 65.3 Å². The summed E-state index contributed by atoms with van der Waals surface area (Å²) in [7, 11) is 0. The fraction of sp³-hybridized carbons (Fsp3) is 0.435. The van der Waals surface area contributed by atoms with Gasteiger partial charge in [-0.1, -0.05) is 22.9 Å². The number of hydrogen-bond acceptors (Lipinski definition) is 6. The molecule has 3 aliphatic rings. The minimum Gasteiger partial charge on any atom is -0.508 e. The molecule has 3 aliphatic heterocycles. The number of likely N-dealkylation sites (tertiary alicyclic amines) is 1. The predicted octanol–water partition coefficient (Wildman–Crippen LogP) is 4.22. The van der Waals surface area contributed by atoms with E-state index in [2.05, 4.69) is 39.1 Å². The number of fused-ring (bicyclic) bond motifs is 1. The molecule has 2 aromatic rings. The third kappa shape index (κ3) is 3.70. The average molecular weight is 472 g/mol. The van der Waals surface area contributed by atoms with Gasteiger partial charge in [-0.05, 0) is 61.3 Å². The van der Waals surface area contributed by atoms with Gasteiger partial charge in [0.25, 0.3) is 0 Å². The van der Waals surface area contributed by atoms with E-state index >= 15 is 0 Å². The number of rotatable bonds is 3. The molecule has 0 aliphatic carbocycles. The standard InChI is InChI=1S/C23H26BrN3O3/c1-2-27-9-7-23(8-10-27)25-18(15-3-6-21-22(11-15)30-14-29-21)13-19(26-23)17-12-16(24)4-5-20(17)28/h3-6,11-12,19,26,28H,2,7-10,13-14H2,1H3. The molecule has 3 heterocycles.